The second-order valence-corrected chi connectivity index (χ2v) is 4.71. The minimum Gasteiger partial charge on any atom is -0.349 e. The zero-order valence-corrected chi connectivity index (χ0v) is 9.97. The number of halogens is 2. The first kappa shape index (κ1) is 12.8. The molecule has 1 saturated carbocycles. The van der Waals surface area contributed by atoms with Gasteiger partial charge in [0, 0.05) is 11.6 Å². The van der Waals surface area contributed by atoms with Gasteiger partial charge >= 0.3 is 0 Å². The molecule has 0 bridgehead atoms. The van der Waals surface area contributed by atoms with Gasteiger partial charge in [0.05, 0.1) is 0 Å². The maximum Gasteiger partial charge on any atom is 0.251 e. The predicted molar refractivity (Wildman–Crippen MR) is 63.8 cm³/mol. The number of hydrogen-bond acceptors (Lipinski definition) is 3. The van der Waals surface area contributed by atoms with Crippen LogP contribution >= 0.6 is 0 Å². The predicted octanol–water partition coefficient (Wildman–Crippen LogP) is 1.78. The molecule has 0 aliphatic heterocycles. The fourth-order valence-corrected chi connectivity index (χ4v) is 2.13. The second kappa shape index (κ2) is 4.89. The number of hydrazine groups is 1. The molecule has 4 nitrogen and oxygen atoms in total. The number of rotatable bonds is 3. The Morgan fingerprint density at radius 1 is 1.33 bits per heavy atom. The monoisotopic (exact) mass is 255 g/mol. The van der Waals surface area contributed by atoms with E-state index in [2.05, 4.69) is 12.2 Å². The van der Waals surface area contributed by atoms with Gasteiger partial charge in [0.1, 0.15) is 5.69 Å². The first-order valence-electron chi connectivity index (χ1n) is 5.77. The number of nitrogens with two attached hydrogens (primary N) is 1. The first-order valence-corrected chi connectivity index (χ1v) is 5.77. The Morgan fingerprint density at radius 2 is 1.89 bits per heavy atom. The van der Waals surface area contributed by atoms with Gasteiger partial charge in [0.2, 0.25) is 0 Å². The van der Waals surface area contributed by atoms with Gasteiger partial charge in [0.15, 0.2) is 11.6 Å². The van der Waals surface area contributed by atoms with Crippen molar-refractivity contribution in [1.82, 2.24) is 5.32 Å². The lowest BCUT2D eigenvalue weighted by molar-refractivity contribution is 0.0895. The molecule has 1 fully saturated rings. The molecule has 0 saturated heterocycles. The average Bonchev–Trinajstić information content (AvgIpc) is 2.26. The normalized spacial score (nSPS) is 22.2. The van der Waals surface area contributed by atoms with Crippen molar-refractivity contribution in [3.8, 4) is 0 Å². The number of carbonyl (C=O) groups excluding carboxylic acids is 1. The molecule has 0 radical (unpaired) electrons. The van der Waals surface area contributed by atoms with Gasteiger partial charge in [0.25, 0.3) is 5.91 Å². The SMILES string of the molecule is CC1CC(NC(=O)c2cc(F)c(NN)c(F)c2)C1. The smallest absolute Gasteiger partial charge is 0.251 e. The summed E-state index contributed by atoms with van der Waals surface area (Å²) in [7, 11) is 0. The molecule has 0 unspecified atom stereocenters. The molecule has 1 aromatic rings. The van der Waals surface area contributed by atoms with Crippen LogP contribution in [0.15, 0.2) is 12.1 Å². The van der Waals surface area contributed by atoms with Crippen LogP contribution in [0.3, 0.4) is 0 Å². The van der Waals surface area contributed by atoms with Crippen molar-refractivity contribution in [1.29, 1.82) is 0 Å². The van der Waals surface area contributed by atoms with E-state index in [1.807, 2.05) is 5.43 Å². The highest BCUT2D eigenvalue weighted by Gasteiger charge is 2.27. The van der Waals surface area contributed by atoms with E-state index in [4.69, 9.17) is 5.84 Å². The molecule has 6 heteroatoms. The number of nitrogens with one attached hydrogen (secondary N) is 2. The van der Waals surface area contributed by atoms with Crippen molar-refractivity contribution >= 4 is 11.6 Å². The molecule has 0 spiro atoms. The lowest BCUT2D eigenvalue weighted by atomic mass is 9.82. The zero-order valence-electron chi connectivity index (χ0n) is 9.97. The average molecular weight is 255 g/mol. The third kappa shape index (κ3) is 2.43. The van der Waals surface area contributed by atoms with Crippen LogP contribution in [-0.2, 0) is 0 Å². The zero-order chi connectivity index (χ0) is 13.3. The molecule has 1 aliphatic carbocycles. The molecular weight excluding hydrogens is 240 g/mol. The molecule has 0 heterocycles. The van der Waals surface area contributed by atoms with Crippen LogP contribution < -0.4 is 16.6 Å². The fourth-order valence-electron chi connectivity index (χ4n) is 2.13. The summed E-state index contributed by atoms with van der Waals surface area (Å²) in [6, 6.07) is 2.04. The summed E-state index contributed by atoms with van der Waals surface area (Å²) >= 11 is 0. The number of benzene rings is 1. The van der Waals surface area contributed by atoms with Crippen LogP contribution in [-0.4, -0.2) is 11.9 Å². The number of nitrogen functional groups attached to an aromatic ring is 1. The second-order valence-electron chi connectivity index (χ2n) is 4.71. The Bertz CT molecular complexity index is 449. The molecule has 98 valence electrons. The van der Waals surface area contributed by atoms with Crippen LogP contribution in [0.25, 0.3) is 0 Å². The van der Waals surface area contributed by atoms with E-state index in [1.165, 1.54) is 0 Å². The van der Waals surface area contributed by atoms with Crippen molar-refractivity contribution in [2.24, 2.45) is 11.8 Å². The van der Waals surface area contributed by atoms with Crippen LogP contribution in [0.2, 0.25) is 0 Å². The van der Waals surface area contributed by atoms with Gasteiger partial charge in [-0.05, 0) is 30.9 Å². The maximum atomic E-state index is 13.4. The van der Waals surface area contributed by atoms with Crippen molar-refractivity contribution in [2.75, 3.05) is 5.43 Å². The Labute approximate surface area is 104 Å². The van der Waals surface area contributed by atoms with Crippen molar-refractivity contribution in [2.45, 2.75) is 25.8 Å². The van der Waals surface area contributed by atoms with Crippen LogP contribution in [0.4, 0.5) is 14.5 Å². The summed E-state index contributed by atoms with van der Waals surface area (Å²) in [5.74, 6) is 3.33. The van der Waals surface area contributed by atoms with E-state index in [-0.39, 0.29) is 11.6 Å². The van der Waals surface area contributed by atoms with Crippen molar-refractivity contribution in [3.63, 3.8) is 0 Å². The number of amides is 1. The molecule has 0 atom stereocenters. The van der Waals surface area contributed by atoms with Crippen molar-refractivity contribution in [3.05, 3.63) is 29.3 Å². The summed E-state index contributed by atoms with van der Waals surface area (Å²) < 4.78 is 26.8. The van der Waals surface area contributed by atoms with E-state index < -0.39 is 23.2 Å². The highest BCUT2D eigenvalue weighted by molar-refractivity contribution is 5.94. The summed E-state index contributed by atoms with van der Waals surface area (Å²) in [5.41, 5.74) is 1.44. The highest BCUT2D eigenvalue weighted by atomic mass is 19.1. The molecule has 1 amide bonds. The molecule has 2 rings (SSSR count). The Kier molecular flexibility index (Phi) is 3.47. The molecule has 1 aromatic carbocycles. The topological polar surface area (TPSA) is 67.2 Å². The van der Waals surface area contributed by atoms with E-state index in [0.29, 0.717) is 5.92 Å². The number of anilines is 1. The minimum absolute atomic E-state index is 0.0384. The Balaban J connectivity index is 2.11. The molecule has 0 aromatic heterocycles. The van der Waals surface area contributed by atoms with Crippen LogP contribution in [0, 0.1) is 17.6 Å². The van der Waals surface area contributed by atoms with Crippen LogP contribution in [0.5, 0.6) is 0 Å². The third-order valence-corrected chi connectivity index (χ3v) is 3.16. The van der Waals surface area contributed by atoms with Gasteiger partial charge < -0.3 is 10.7 Å². The summed E-state index contributed by atoms with van der Waals surface area (Å²) in [6.07, 6.45) is 1.80. The van der Waals surface area contributed by atoms with E-state index in [0.717, 1.165) is 25.0 Å². The number of hydrogen-bond donors (Lipinski definition) is 3. The molecule has 4 N–H and O–H groups in total. The van der Waals surface area contributed by atoms with Crippen LogP contribution in [0.1, 0.15) is 30.1 Å². The summed E-state index contributed by atoms with van der Waals surface area (Å²) in [6.45, 7) is 2.09. The standard InChI is InChI=1S/C12H15F2N3O/c1-6-2-8(3-6)16-12(18)7-4-9(13)11(17-15)10(14)5-7/h4-6,8,17H,2-3,15H2,1H3,(H,16,18). The lowest BCUT2D eigenvalue weighted by Crippen LogP contribution is -2.43. The maximum absolute atomic E-state index is 13.4. The van der Waals surface area contributed by atoms with Gasteiger partial charge in [-0.25, -0.2) is 8.78 Å². The Morgan fingerprint density at radius 3 is 2.33 bits per heavy atom. The number of carbonyl (C=O) groups is 1. The molecular formula is C12H15F2N3O. The van der Waals surface area contributed by atoms with Gasteiger partial charge in [-0.15, -0.1) is 0 Å². The van der Waals surface area contributed by atoms with E-state index in [1.54, 1.807) is 0 Å². The Hall–Kier alpha value is -1.69. The van der Waals surface area contributed by atoms with Gasteiger partial charge in [-0.2, -0.15) is 0 Å². The van der Waals surface area contributed by atoms with Crippen molar-refractivity contribution < 1.29 is 13.6 Å². The lowest BCUT2D eigenvalue weighted by Gasteiger charge is -2.33. The van der Waals surface area contributed by atoms with E-state index >= 15 is 0 Å². The summed E-state index contributed by atoms with van der Waals surface area (Å²) in [5, 5.41) is 2.73. The largest absolute Gasteiger partial charge is 0.349 e. The minimum atomic E-state index is -0.885. The summed E-state index contributed by atoms with van der Waals surface area (Å²) in [4.78, 5) is 11.8. The molecule has 1 aliphatic rings. The quantitative estimate of drug-likeness (QED) is 0.569. The highest BCUT2D eigenvalue weighted by Crippen LogP contribution is 2.27. The van der Waals surface area contributed by atoms with Gasteiger partial charge in [-0.1, -0.05) is 6.92 Å². The third-order valence-electron chi connectivity index (χ3n) is 3.16. The first-order chi connectivity index (χ1) is 8.51. The fraction of sp³-hybridized carbons (Fsp3) is 0.417. The van der Waals surface area contributed by atoms with Gasteiger partial charge in [-0.3, -0.25) is 10.6 Å². The van der Waals surface area contributed by atoms with E-state index in [9.17, 15) is 13.6 Å². The molecule has 18 heavy (non-hydrogen) atoms.